The summed E-state index contributed by atoms with van der Waals surface area (Å²) >= 11 is 1.21. The third kappa shape index (κ3) is 4.73. The number of rotatable bonds is 6. The molecule has 2 aliphatic rings. The Balaban J connectivity index is 1.54. The van der Waals surface area contributed by atoms with Crippen molar-refractivity contribution in [2.45, 2.75) is 19.2 Å². The van der Waals surface area contributed by atoms with Crippen molar-refractivity contribution in [3.8, 4) is 5.75 Å². The maximum absolute atomic E-state index is 12.8. The van der Waals surface area contributed by atoms with Crippen molar-refractivity contribution in [1.82, 2.24) is 9.88 Å². The lowest BCUT2D eigenvalue weighted by molar-refractivity contribution is -0.274. The predicted molar refractivity (Wildman–Crippen MR) is 98.6 cm³/mol. The van der Waals surface area contributed by atoms with Crippen LogP contribution in [0.25, 0.3) is 10.2 Å². The van der Waals surface area contributed by atoms with Crippen LogP contribution < -0.4 is 9.64 Å². The molecule has 28 heavy (non-hydrogen) atoms. The summed E-state index contributed by atoms with van der Waals surface area (Å²) in [4.78, 5) is 21.2. The largest absolute Gasteiger partial charge is 0.573 e. The van der Waals surface area contributed by atoms with Gasteiger partial charge in [-0.25, -0.2) is 4.98 Å². The SMILES string of the molecule is O=C(C1CC1)N(CCN1CCOCC1)c1nc2ccc(OC(F)(F)F)cc2s1. The van der Waals surface area contributed by atoms with Crippen LogP contribution in [0.1, 0.15) is 12.8 Å². The van der Waals surface area contributed by atoms with Crippen molar-refractivity contribution in [3.05, 3.63) is 18.2 Å². The second-order valence-corrected chi connectivity index (χ2v) is 7.90. The van der Waals surface area contributed by atoms with Crippen molar-refractivity contribution < 1.29 is 27.4 Å². The van der Waals surface area contributed by atoms with E-state index in [0.717, 1.165) is 25.9 Å². The highest BCUT2D eigenvalue weighted by Crippen LogP contribution is 2.37. The zero-order valence-corrected chi connectivity index (χ0v) is 15.9. The first-order chi connectivity index (χ1) is 13.4. The number of anilines is 1. The van der Waals surface area contributed by atoms with Crippen molar-refractivity contribution in [2.24, 2.45) is 5.92 Å². The van der Waals surface area contributed by atoms with E-state index in [1.165, 1.54) is 29.5 Å². The molecule has 1 aromatic carbocycles. The minimum Gasteiger partial charge on any atom is -0.406 e. The minimum absolute atomic E-state index is 0.0285. The first-order valence-corrected chi connectivity index (χ1v) is 9.98. The average molecular weight is 415 g/mol. The quantitative estimate of drug-likeness (QED) is 0.725. The van der Waals surface area contributed by atoms with Gasteiger partial charge in [-0.2, -0.15) is 0 Å². The van der Waals surface area contributed by atoms with Crippen LogP contribution in [0.15, 0.2) is 18.2 Å². The van der Waals surface area contributed by atoms with E-state index >= 15 is 0 Å². The van der Waals surface area contributed by atoms with Crippen LogP contribution in [0.5, 0.6) is 5.75 Å². The third-order valence-electron chi connectivity index (χ3n) is 4.75. The van der Waals surface area contributed by atoms with E-state index in [-0.39, 0.29) is 17.6 Å². The Morgan fingerprint density at radius 2 is 2.07 bits per heavy atom. The van der Waals surface area contributed by atoms with Gasteiger partial charge >= 0.3 is 6.36 Å². The molecule has 0 bridgehead atoms. The fourth-order valence-electron chi connectivity index (χ4n) is 3.12. The van der Waals surface area contributed by atoms with Crippen LogP contribution in [-0.4, -0.2) is 61.5 Å². The Bertz CT molecular complexity index is 847. The van der Waals surface area contributed by atoms with Gasteiger partial charge in [-0.3, -0.25) is 14.6 Å². The highest BCUT2D eigenvalue weighted by Gasteiger charge is 2.35. The lowest BCUT2D eigenvalue weighted by Crippen LogP contribution is -2.43. The summed E-state index contributed by atoms with van der Waals surface area (Å²) in [7, 11) is 0. The monoisotopic (exact) mass is 415 g/mol. The topological polar surface area (TPSA) is 54.9 Å². The highest BCUT2D eigenvalue weighted by atomic mass is 32.1. The van der Waals surface area contributed by atoms with E-state index in [2.05, 4.69) is 14.6 Å². The fourth-order valence-corrected chi connectivity index (χ4v) is 4.15. The molecule has 0 spiro atoms. The van der Waals surface area contributed by atoms with E-state index in [4.69, 9.17) is 4.74 Å². The maximum atomic E-state index is 12.8. The fraction of sp³-hybridized carbons (Fsp3) is 0.556. The van der Waals surface area contributed by atoms with E-state index < -0.39 is 6.36 Å². The number of aromatic nitrogens is 1. The molecule has 1 aliphatic carbocycles. The summed E-state index contributed by atoms with van der Waals surface area (Å²) in [6.07, 6.45) is -2.99. The Morgan fingerprint density at radius 3 is 2.75 bits per heavy atom. The Morgan fingerprint density at radius 1 is 1.32 bits per heavy atom. The number of carbonyl (C=O) groups is 1. The Labute approximate surface area is 163 Å². The summed E-state index contributed by atoms with van der Waals surface area (Å²) in [6, 6.07) is 4.03. The molecule has 2 aromatic rings. The maximum Gasteiger partial charge on any atom is 0.573 e. The van der Waals surface area contributed by atoms with Crippen molar-refractivity contribution in [3.63, 3.8) is 0 Å². The van der Waals surface area contributed by atoms with E-state index in [1.807, 2.05) is 0 Å². The van der Waals surface area contributed by atoms with Crippen molar-refractivity contribution in [2.75, 3.05) is 44.3 Å². The average Bonchev–Trinajstić information content (AvgIpc) is 3.41. The number of hydrogen-bond acceptors (Lipinski definition) is 6. The molecular formula is C18H20F3N3O3S. The molecule has 0 atom stereocenters. The second kappa shape index (κ2) is 7.84. The molecule has 1 aromatic heterocycles. The number of carbonyl (C=O) groups excluding carboxylic acids is 1. The molecule has 6 nitrogen and oxygen atoms in total. The molecule has 152 valence electrons. The van der Waals surface area contributed by atoms with Crippen LogP contribution in [0, 0.1) is 5.92 Å². The predicted octanol–water partition coefficient (Wildman–Crippen LogP) is 3.27. The number of nitrogens with zero attached hydrogens (tertiary/aromatic N) is 3. The van der Waals surface area contributed by atoms with Crippen LogP contribution in [0.2, 0.25) is 0 Å². The van der Waals surface area contributed by atoms with Gasteiger partial charge in [-0.15, -0.1) is 13.2 Å². The van der Waals surface area contributed by atoms with E-state index in [9.17, 15) is 18.0 Å². The van der Waals surface area contributed by atoms with Gasteiger partial charge in [0.05, 0.1) is 23.4 Å². The van der Waals surface area contributed by atoms with Gasteiger partial charge in [-0.1, -0.05) is 11.3 Å². The summed E-state index contributed by atoms with van der Waals surface area (Å²) < 4.78 is 47.2. The normalized spacial score (nSPS) is 18.4. The molecule has 1 saturated heterocycles. The number of amides is 1. The van der Waals surface area contributed by atoms with Gasteiger partial charge in [0.25, 0.3) is 0 Å². The number of alkyl halides is 3. The summed E-state index contributed by atoms with van der Waals surface area (Å²) in [5, 5.41) is 0.518. The van der Waals surface area contributed by atoms with Crippen molar-refractivity contribution >= 4 is 32.6 Å². The lowest BCUT2D eigenvalue weighted by atomic mass is 10.3. The molecule has 2 heterocycles. The zero-order valence-electron chi connectivity index (χ0n) is 15.1. The highest BCUT2D eigenvalue weighted by molar-refractivity contribution is 7.22. The first-order valence-electron chi connectivity index (χ1n) is 9.17. The van der Waals surface area contributed by atoms with Gasteiger partial charge in [0.1, 0.15) is 5.75 Å². The molecular weight excluding hydrogens is 395 g/mol. The molecule has 1 saturated carbocycles. The minimum atomic E-state index is -4.74. The molecule has 2 fully saturated rings. The molecule has 0 radical (unpaired) electrons. The second-order valence-electron chi connectivity index (χ2n) is 6.89. The number of fused-ring (bicyclic) bond motifs is 1. The molecule has 1 aliphatic heterocycles. The Kier molecular flexibility index (Phi) is 5.44. The standard InChI is InChI=1S/C18H20F3N3O3S/c19-18(20,21)27-13-3-4-14-15(11-13)28-17(22-14)24(16(25)12-1-2-12)6-5-23-7-9-26-10-8-23/h3-4,11-12H,1-2,5-10H2. The van der Waals surface area contributed by atoms with Gasteiger partial charge in [0.2, 0.25) is 5.91 Å². The third-order valence-corrected chi connectivity index (χ3v) is 5.79. The molecule has 4 rings (SSSR count). The summed E-state index contributed by atoms with van der Waals surface area (Å²) in [6.45, 7) is 4.22. The molecule has 1 amide bonds. The number of morpholine rings is 1. The van der Waals surface area contributed by atoms with Crippen LogP contribution >= 0.6 is 11.3 Å². The van der Waals surface area contributed by atoms with Crippen LogP contribution in [-0.2, 0) is 9.53 Å². The van der Waals surface area contributed by atoms with Gasteiger partial charge < -0.3 is 9.47 Å². The Hall–Kier alpha value is -1.91. The smallest absolute Gasteiger partial charge is 0.406 e. The number of thiazole rings is 1. The lowest BCUT2D eigenvalue weighted by Gasteiger charge is -2.29. The number of hydrogen-bond donors (Lipinski definition) is 0. The zero-order chi connectivity index (χ0) is 19.7. The number of benzene rings is 1. The van der Waals surface area contributed by atoms with Gasteiger partial charge in [-0.05, 0) is 25.0 Å². The summed E-state index contributed by atoms with van der Waals surface area (Å²) in [5.74, 6) is -0.219. The van der Waals surface area contributed by atoms with Gasteiger partial charge in [0, 0.05) is 38.2 Å². The molecule has 0 unspecified atom stereocenters. The van der Waals surface area contributed by atoms with Crippen molar-refractivity contribution in [1.29, 1.82) is 0 Å². The van der Waals surface area contributed by atoms with Crippen LogP contribution in [0.4, 0.5) is 18.3 Å². The number of halogens is 3. The van der Waals surface area contributed by atoms with E-state index in [1.54, 1.807) is 4.90 Å². The van der Waals surface area contributed by atoms with Crippen LogP contribution in [0.3, 0.4) is 0 Å². The summed E-state index contributed by atoms with van der Waals surface area (Å²) in [5.41, 5.74) is 0.550. The molecule has 10 heteroatoms. The number of ether oxygens (including phenoxy) is 2. The van der Waals surface area contributed by atoms with Gasteiger partial charge in [0.15, 0.2) is 5.13 Å². The first kappa shape index (κ1) is 19.4. The molecule has 0 N–H and O–H groups in total. The van der Waals surface area contributed by atoms with E-state index in [0.29, 0.717) is 41.7 Å².